The van der Waals surface area contributed by atoms with Crippen LogP contribution >= 0.6 is 0 Å². The maximum Gasteiger partial charge on any atom is 0.220 e. The Hall–Kier alpha value is -1.02. The van der Waals surface area contributed by atoms with Gasteiger partial charge < -0.3 is 30.5 Å². The zero-order valence-corrected chi connectivity index (χ0v) is 11.2. The number of rotatable bonds is 9. The first-order chi connectivity index (χ1) is 8.83. The van der Waals surface area contributed by atoms with Gasteiger partial charge in [-0.25, -0.2) is 0 Å². The molecule has 0 aromatic carbocycles. The van der Waals surface area contributed by atoms with Crippen molar-refractivity contribution in [3.63, 3.8) is 0 Å². The van der Waals surface area contributed by atoms with Gasteiger partial charge in [-0.2, -0.15) is 0 Å². The van der Waals surface area contributed by atoms with E-state index in [1.807, 2.05) is 0 Å². The SMILES string of the molecule is CC[C@@H](O)[C@@H](O)[C@H](O)[C@@H](O)CNC(=O)C[C@@H](C)C=O. The maximum atomic E-state index is 11.3. The highest BCUT2D eigenvalue weighted by molar-refractivity contribution is 5.78. The third-order valence-corrected chi connectivity index (χ3v) is 2.80. The second kappa shape index (κ2) is 8.98. The van der Waals surface area contributed by atoms with Gasteiger partial charge in [0.2, 0.25) is 5.91 Å². The molecule has 5 N–H and O–H groups in total. The molecule has 0 spiro atoms. The fraction of sp³-hybridized carbons (Fsp3) is 0.833. The molecule has 0 radical (unpaired) electrons. The Morgan fingerprint density at radius 1 is 1.16 bits per heavy atom. The van der Waals surface area contributed by atoms with Crippen LogP contribution in [-0.4, -0.2) is 63.6 Å². The molecular formula is C12H23NO6. The van der Waals surface area contributed by atoms with Gasteiger partial charge in [0.1, 0.15) is 18.5 Å². The van der Waals surface area contributed by atoms with Gasteiger partial charge in [0.15, 0.2) is 0 Å². The first kappa shape index (κ1) is 18.0. The number of hydrogen-bond acceptors (Lipinski definition) is 6. The molecule has 0 fully saturated rings. The summed E-state index contributed by atoms with van der Waals surface area (Å²) in [5.41, 5.74) is 0. The van der Waals surface area contributed by atoms with Crippen molar-refractivity contribution in [2.75, 3.05) is 6.54 Å². The molecule has 0 saturated carbocycles. The number of aldehydes is 1. The van der Waals surface area contributed by atoms with Crippen LogP contribution < -0.4 is 5.32 Å². The molecule has 0 unspecified atom stereocenters. The monoisotopic (exact) mass is 277 g/mol. The lowest BCUT2D eigenvalue weighted by molar-refractivity contribution is -0.126. The van der Waals surface area contributed by atoms with Gasteiger partial charge in [0.25, 0.3) is 0 Å². The molecule has 7 nitrogen and oxygen atoms in total. The topological polar surface area (TPSA) is 127 Å². The van der Waals surface area contributed by atoms with Crippen molar-refractivity contribution in [3.8, 4) is 0 Å². The molecule has 0 aromatic rings. The van der Waals surface area contributed by atoms with E-state index >= 15 is 0 Å². The molecule has 1 amide bonds. The smallest absolute Gasteiger partial charge is 0.220 e. The number of nitrogens with one attached hydrogen (secondary N) is 1. The van der Waals surface area contributed by atoms with E-state index in [1.165, 1.54) is 0 Å². The van der Waals surface area contributed by atoms with Crippen molar-refractivity contribution in [2.45, 2.75) is 51.1 Å². The minimum Gasteiger partial charge on any atom is -0.390 e. The minimum absolute atomic E-state index is 0.00749. The summed E-state index contributed by atoms with van der Waals surface area (Å²) in [6.45, 7) is 2.94. The van der Waals surface area contributed by atoms with Crippen LogP contribution in [0.2, 0.25) is 0 Å². The van der Waals surface area contributed by atoms with Crippen molar-refractivity contribution in [3.05, 3.63) is 0 Å². The van der Waals surface area contributed by atoms with Gasteiger partial charge in [-0.05, 0) is 6.42 Å². The highest BCUT2D eigenvalue weighted by Crippen LogP contribution is 2.07. The third kappa shape index (κ3) is 6.63. The Kier molecular flexibility index (Phi) is 8.49. The first-order valence-electron chi connectivity index (χ1n) is 6.27. The lowest BCUT2D eigenvalue weighted by Gasteiger charge is -2.26. The Labute approximate surface area is 112 Å². The van der Waals surface area contributed by atoms with Gasteiger partial charge in [0, 0.05) is 18.9 Å². The molecule has 0 bridgehead atoms. The quantitative estimate of drug-likeness (QED) is 0.316. The van der Waals surface area contributed by atoms with Crippen LogP contribution in [-0.2, 0) is 9.59 Å². The lowest BCUT2D eigenvalue weighted by atomic mass is 10.0. The van der Waals surface area contributed by atoms with Crippen LogP contribution in [0.4, 0.5) is 0 Å². The molecule has 19 heavy (non-hydrogen) atoms. The molecular weight excluding hydrogens is 254 g/mol. The van der Waals surface area contributed by atoms with Gasteiger partial charge in [0.05, 0.1) is 12.2 Å². The van der Waals surface area contributed by atoms with Crippen LogP contribution in [0.25, 0.3) is 0 Å². The summed E-state index contributed by atoms with van der Waals surface area (Å²) >= 11 is 0. The lowest BCUT2D eigenvalue weighted by Crippen LogP contribution is -2.48. The predicted molar refractivity (Wildman–Crippen MR) is 67.2 cm³/mol. The summed E-state index contributed by atoms with van der Waals surface area (Å²) in [6.07, 6.45) is -4.71. The molecule has 0 heterocycles. The Morgan fingerprint density at radius 2 is 1.68 bits per heavy atom. The maximum absolute atomic E-state index is 11.3. The Balaban J connectivity index is 4.12. The van der Waals surface area contributed by atoms with E-state index in [-0.39, 0.29) is 19.4 Å². The molecule has 0 aromatic heterocycles. The number of aliphatic hydroxyl groups is 4. The number of amides is 1. The van der Waals surface area contributed by atoms with Gasteiger partial charge in [-0.1, -0.05) is 13.8 Å². The summed E-state index contributed by atoms with van der Waals surface area (Å²) in [5, 5.41) is 40.3. The summed E-state index contributed by atoms with van der Waals surface area (Å²) < 4.78 is 0. The average molecular weight is 277 g/mol. The molecule has 5 atom stereocenters. The van der Waals surface area contributed by atoms with Crippen LogP contribution in [0.3, 0.4) is 0 Å². The van der Waals surface area contributed by atoms with Crippen LogP contribution in [0.15, 0.2) is 0 Å². The molecule has 112 valence electrons. The van der Waals surface area contributed by atoms with Crippen molar-refractivity contribution in [1.82, 2.24) is 5.32 Å². The molecule has 0 aliphatic carbocycles. The molecule has 0 rings (SSSR count). The standard InChI is InChI=1S/C12H23NO6/c1-3-8(15)11(18)12(19)9(16)5-13-10(17)4-7(2)6-14/h6-9,11-12,15-16,18-19H,3-5H2,1-2H3,(H,13,17)/t7-,8-,9+,11-,12-/m1/s1. The normalized spacial score (nSPS) is 19.1. The highest BCUT2D eigenvalue weighted by Gasteiger charge is 2.29. The van der Waals surface area contributed by atoms with E-state index in [4.69, 9.17) is 0 Å². The van der Waals surface area contributed by atoms with Crippen molar-refractivity contribution < 1.29 is 30.0 Å². The fourth-order valence-corrected chi connectivity index (χ4v) is 1.45. The van der Waals surface area contributed by atoms with Gasteiger partial charge in [-0.15, -0.1) is 0 Å². The van der Waals surface area contributed by atoms with Gasteiger partial charge in [-0.3, -0.25) is 4.79 Å². The number of aliphatic hydroxyl groups excluding tert-OH is 4. The fourth-order valence-electron chi connectivity index (χ4n) is 1.45. The summed E-state index contributed by atoms with van der Waals surface area (Å²) in [5.74, 6) is -0.856. The zero-order valence-electron chi connectivity index (χ0n) is 11.2. The largest absolute Gasteiger partial charge is 0.390 e. The second-order valence-corrected chi connectivity index (χ2v) is 4.65. The van der Waals surface area contributed by atoms with Crippen LogP contribution in [0, 0.1) is 5.92 Å². The van der Waals surface area contributed by atoms with Crippen LogP contribution in [0.1, 0.15) is 26.7 Å². The highest BCUT2D eigenvalue weighted by atomic mass is 16.4. The van der Waals surface area contributed by atoms with E-state index in [9.17, 15) is 30.0 Å². The zero-order chi connectivity index (χ0) is 15.0. The Morgan fingerprint density at radius 3 is 2.16 bits per heavy atom. The van der Waals surface area contributed by atoms with E-state index in [1.54, 1.807) is 13.8 Å². The number of carbonyl (C=O) groups excluding carboxylic acids is 2. The van der Waals surface area contributed by atoms with E-state index < -0.39 is 36.2 Å². The number of hydrogen-bond donors (Lipinski definition) is 5. The van der Waals surface area contributed by atoms with Gasteiger partial charge >= 0.3 is 0 Å². The Bertz CT molecular complexity index is 285. The van der Waals surface area contributed by atoms with Crippen molar-refractivity contribution in [1.29, 1.82) is 0 Å². The first-order valence-corrected chi connectivity index (χ1v) is 6.27. The minimum atomic E-state index is -1.56. The summed E-state index contributed by atoms with van der Waals surface area (Å²) in [7, 11) is 0. The van der Waals surface area contributed by atoms with Crippen LogP contribution in [0.5, 0.6) is 0 Å². The summed E-state index contributed by atoms with van der Waals surface area (Å²) in [6, 6.07) is 0. The van der Waals surface area contributed by atoms with Crippen molar-refractivity contribution in [2.24, 2.45) is 5.92 Å². The predicted octanol–water partition coefficient (Wildman–Crippen LogP) is -1.82. The molecule has 0 aliphatic heterocycles. The van der Waals surface area contributed by atoms with E-state index in [0.717, 1.165) is 0 Å². The summed E-state index contributed by atoms with van der Waals surface area (Å²) in [4.78, 5) is 21.7. The molecule has 7 heteroatoms. The molecule has 0 aliphatic rings. The second-order valence-electron chi connectivity index (χ2n) is 4.65. The average Bonchev–Trinajstić information content (AvgIpc) is 2.41. The number of carbonyl (C=O) groups is 2. The van der Waals surface area contributed by atoms with Crippen molar-refractivity contribution >= 4 is 12.2 Å². The molecule has 0 saturated heterocycles. The third-order valence-electron chi connectivity index (χ3n) is 2.80. The van der Waals surface area contributed by atoms with E-state index in [0.29, 0.717) is 6.29 Å². The van der Waals surface area contributed by atoms with E-state index in [2.05, 4.69) is 5.32 Å².